The van der Waals surface area contributed by atoms with E-state index in [-0.39, 0.29) is 17.9 Å². The minimum absolute atomic E-state index is 0.203. The monoisotopic (exact) mass is 284 g/mol. The van der Waals surface area contributed by atoms with Crippen LogP contribution in [-0.4, -0.2) is 24.0 Å². The first-order chi connectivity index (χ1) is 8.99. The van der Waals surface area contributed by atoms with Gasteiger partial charge in [-0.2, -0.15) is 0 Å². The fraction of sp³-hybridized carbons (Fsp3) is 0.600. The highest BCUT2D eigenvalue weighted by Gasteiger charge is 2.27. The molecule has 106 valence electrons. The summed E-state index contributed by atoms with van der Waals surface area (Å²) in [5.74, 6) is 0.253. The van der Waals surface area contributed by atoms with E-state index in [4.69, 9.17) is 17.3 Å². The second-order valence-corrected chi connectivity index (χ2v) is 6.01. The van der Waals surface area contributed by atoms with E-state index in [0.29, 0.717) is 10.9 Å². The predicted octanol–water partition coefficient (Wildman–Crippen LogP) is 3.60. The molecule has 1 aromatic carbocycles. The van der Waals surface area contributed by atoms with E-state index >= 15 is 0 Å². The predicted molar refractivity (Wildman–Crippen MR) is 77.8 cm³/mol. The topological polar surface area (TPSA) is 29.3 Å². The summed E-state index contributed by atoms with van der Waals surface area (Å²) < 4.78 is 13.1. The summed E-state index contributed by atoms with van der Waals surface area (Å²) >= 11 is 6.15. The average molecular weight is 285 g/mol. The van der Waals surface area contributed by atoms with Crippen molar-refractivity contribution < 1.29 is 4.39 Å². The van der Waals surface area contributed by atoms with Crippen LogP contribution in [0.2, 0.25) is 5.02 Å². The summed E-state index contributed by atoms with van der Waals surface area (Å²) in [5.41, 5.74) is 7.01. The van der Waals surface area contributed by atoms with Gasteiger partial charge >= 0.3 is 0 Å². The zero-order chi connectivity index (χ0) is 14.0. The molecule has 1 aliphatic rings. The van der Waals surface area contributed by atoms with E-state index in [1.165, 1.54) is 18.6 Å². The molecule has 4 heteroatoms. The second kappa shape index (κ2) is 6.21. The van der Waals surface area contributed by atoms with Crippen molar-refractivity contribution >= 4 is 11.6 Å². The Morgan fingerprint density at radius 1 is 1.42 bits per heavy atom. The van der Waals surface area contributed by atoms with Crippen LogP contribution in [0.15, 0.2) is 18.2 Å². The highest BCUT2D eigenvalue weighted by molar-refractivity contribution is 6.31. The number of benzene rings is 1. The third-order valence-corrected chi connectivity index (χ3v) is 4.52. The number of hydrogen-bond acceptors (Lipinski definition) is 2. The summed E-state index contributed by atoms with van der Waals surface area (Å²) in [5, 5.41) is 0.510. The highest BCUT2D eigenvalue weighted by Crippen LogP contribution is 2.31. The van der Waals surface area contributed by atoms with Crippen molar-refractivity contribution in [2.45, 2.75) is 38.8 Å². The van der Waals surface area contributed by atoms with Gasteiger partial charge in [-0.15, -0.1) is 0 Å². The molecular weight excluding hydrogens is 263 g/mol. The molecule has 1 heterocycles. The summed E-state index contributed by atoms with van der Waals surface area (Å²) in [6.07, 6.45) is 2.35. The van der Waals surface area contributed by atoms with E-state index in [0.717, 1.165) is 25.1 Å². The maximum atomic E-state index is 13.1. The third kappa shape index (κ3) is 3.47. The molecule has 0 spiro atoms. The lowest BCUT2D eigenvalue weighted by molar-refractivity contribution is 0.121. The molecule has 3 atom stereocenters. The molecule has 0 aliphatic carbocycles. The first-order valence-electron chi connectivity index (χ1n) is 6.93. The minimum atomic E-state index is -0.284. The van der Waals surface area contributed by atoms with Crippen LogP contribution in [-0.2, 0) is 0 Å². The van der Waals surface area contributed by atoms with Gasteiger partial charge in [-0.1, -0.05) is 17.7 Å². The molecule has 0 radical (unpaired) electrons. The third-order valence-electron chi connectivity index (χ3n) is 4.19. The van der Waals surface area contributed by atoms with E-state index < -0.39 is 0 Å². The molecule has 1 aliphatic heterocycles. The fourth-order valence-electron chi connectivity index (χ4n) is 2.86. The largest absolute Gasteiger partial charge is 0.328 e. The van der Waals surface area contributed by atoms with Gasteiger partial charge in [0.05, 0.1) is 0 Å². The number of likely N-dealkylation sites (tertiary alicyclic amines) is 1. The second-order valence-electron chi connectivity index (χ2n) is 5.60. The fourth-order valence-corrected chi connectivity index (χ4v) is 3.18. The number of nitrogens with zero attached hydrogens (tertiary/aromatic N) is 1. The molecule has 0 aromatic heterocycles. The van der Waals surface area contributed by atoms with Crippen molar-refractivity contribution in [1.82, 2.24) is 4.90 Å². The highest BCUT2D eigenvalue weighted by atomic mass is 35.5. The van der Waals surface area contributed by atoms with Gasteiger partial charge in [-0.25, -0.2) is 4.39 Å². The summed E-state index contributed by atoms with van der Waals surface area (Å²) in [4.78, 5) is 2.40. The first kappa shape index (κ1) is 14.8. The van der Waals surface area contributed by atoms with Crippen LogP contribution in [0, 0.1) is 11.7 Å². The van der Waals surface area contributed by atoms with Gasteiger partial charge in [-0.05, 0) is 56.8 Å². The molecule has 2 nitrogen and oxygen atoms in total. The normalized spacial score (nSPS) is 24.2. The van der Waals surface area contributed by atoms with Crippen LogP contribution >= 0.6 is 11.6 Å². The van der Waals surface area contributed by atoms with E-state index in [1.54, 1.807) is 6.07 Å². The van der Waals surface area contributed by atoms with Crippen LogP contribution in [0.1, 0.15) is 38.3 Å². The summed E-state index contributed by atoms with van der Waals surface area (Å²) in [6.45, 7) is 6.25. The van der Waals surface area contributed by atoms with Gasteiger partial charge < -0.3 is 5.73 Å². The zero-order valence-electron chi connectivity index (χ0n) is 11.6. The van der Waals surface area contributed by atoms with Gasteiger partial charge in [-0.3, -0.25) is 4.90 Å². The smallest absolute Gasteiger partial charge is 0.124 e. The molecule has 0 saturated carbocycles. The number of piperidine rings is 1. The number of halogens is 2. The quantitative estimate of drug-likeness (QED) is 0.919. The zero-order valence-corrected chi connectivity index (χ0v) is 12.3. The number of hydrogen-bond donors (Lipinski definition) is 1. The molecule has 0 amide bonds. The Balaban J connectivity index is 2.12. The van der Waals surface area contributed by atoms with Gasteiger partial charge in [0.25, 0.3) is 0 Å². The van der Waals surface area contributed by atoms with Crippen molar-refractivity contribution in [1.29, 1.82) is 0 Å². The summed E-state index contributed by atoms with van der Waals surface area (Å²) in [6, 6.07) is 5.08. The van der Waals surface area contributed by atoms with E-state index in [9.17, 15) is 4.39 Å². The van der Waals surface area contributed by atoms with Crippen molar-refractivity contribution in [2.24, 2.45) is 11.7 Å². The van der Waals surface area contributed by atoms with Crippen molar-refractivity contribution in [3.8, 4) is 0 Å². The Bertz CT molecular complexity index is 436. The van der Waals surface area contributed by atoms with Crippen LogP contribution in [0.25, 0.3) is 0 Å². The SMILES string of the molecule is CC(N)C1CCCN(C(C)c2ccc(F)cc2Cl)C1. The standard InChI is InChI=1S/C15H22ClFN2/c1-10(18)12-4-3-7-19(9-12)11(2)14-6-5-13(17)8-15(14)16/h5-6,8,10-12H,3-4,7,9,18H2,1-2H3. The molecule has 1 fully saturated rings. The van der Waals surface area contributed by atoms with Gasteiger partial charge in [0.1, 0.15) is 5.82 Å². The van der Waals surface area contributed by atoms with Crippen LogP contribution in [0.3, 0.4) is 0 Å². The maximum Gasteiger partial charge on any atom is 0.124 e. The van der Waals surface area contributed by atoms with Crippen molar-refractivity contribution in [3.63, 3.8) is 0 Å². The molecule has 1 aromatic rings. The van der Waals surface area contributed by atoms with Crippen molar-refractivity contribution in [2.75, 3.05) is 13.1 Å². The van der Waals surface area contributed by atoms with E-state index in [2.05, 4.69) is 18.7 Å². The Kier molecular flexibility index (Phi) is 4.82. The lowest BCUT2D eigenvalue weighted by atomic mass is 9.90. The Hall–Kier alpha value is -0.640. The van der Waals surface area contributed by atoms with Gasteiger partial charge in [0.2, 0.25) is 0 Å². The van der Waals surface area contributed by atoms with Gasteiger partial charge in [0.15, 0.2) is 0 Å². The first-order valence-corrected chi connectivity index (χ1v) is 7.31. The Labute approximate surface area is 119 Å². The molecule has 2 N–H and O–H groups in total. The summed E-state index contributed by atoms with van der Waals surface area (Å²) in [7, 11) is 0. The number of nitrogens with two attached hydrogens (primary N) is 1. The molecule has 3 unspecified atom stereocenters. The van der Waals surface area contributed by atoms with Gasteiger partial charge in [0, 0.05) is 23.7 Å². The van der Waals surface area contributed by atoms with E-state index in [1.807, 2.05) is 0 Å². The lowest BCUT2D eigenvalue weighted by Crippen LogP contribution is -2.43. The van der Waals surface area contributed by atoms with Crippen LogP contribution < -0.4 is 5.73 Å². The average Bonchev–Trinajstić information content (AvgIpc) is 2.38. The van der Waals surface area contributed by atoms with Crippen molar-refractivity contribution in [3.05, 3.63) is 34.6 Å². The van der Waals surface area contributed by atoms with Crippen LogP contribution in [0.5, 0.6) is 0 Å². The maximum absolute atomic E-state index is 13.1. The lowest BCUT2D eigenvalue weighted by Gasteiger charge is -2.38. The Morgan fingerprint density at radius 2 is 2.16 bits per heavy atom. The Morgan fingerprint density at radius 3 is 2.79 bits per heavy atom. The molecule has 1 saturated heterocycles. The minimum Gasteiger partial charge on any atom is -0.328 e. The number of rotatable bonds is 3. The van der Waals surface area contributed by atoms with Crippen LogP contribution in [0.4, 0.5) is 4.39 Å². The molecule has 2 rings (SSSR count). The molecular formula is C15H22ClFN2. The molecule has 0 bridgehead atoms. The molecule has 19 heavy (non-hydrogen) atoms.